The summed E-state index contributed by atoms with van der Waals surface area (Å²) in [6.45, 7) is -0.364. The van der Waals surface area contributed by atoms with Gasteiger partial charge < -0.3 is 19.9 Å². The lowest BCUT2D eigenvalue weighted by atomic mass is 9.95. The van der Waals surface area contributed by atoms with E-state index in [1.807, 2.05) is 18.5 Å². The van der Waals surface area contributed by atoms with Crippen LogP contribution in [0.4, 0.5) is 10.5 Å². The van der Waals surface area contributed by atoms with Crippen LogP contribution in [0.3, 0.4) is 0 Å². The summed E-state index contributed by atoms with van der Waals surface area (Å²) in [5.41, 5.74) is 1.57. The Labute approximate surface area is 180 Å². The summed E-state index contributed by atoms with van der Waals surface area (Å²) in [5, 5.41) is 5.24. The van der Waals surface area contributed by atoms with Gasteiger partial charge in [0.05, 0.1) is 7.11 Å². The molecule has 0 unspecified atom stereocenters. The van der Waals surface area contributed by atoms with Crippen molar-refractivity contribution < 1.29 is 19.1 Å². The van der Waals surface area contributed by atoms with Gasteiger partial charge >= 0.3 is 6.03 Å². The van der Waals surface area contributed by atoms with Gasteiger partial charge in [-0.2, -0.15) is 0 Å². The van der Waals surface area contributed by atoms with Crippen LogP contribution in [0.1, 0.15) is 43.7 Å². The fourth-order valence-electron chi connectivity index (χ4n) is 4.02. The third-order valence-electron chi connectivity index (χ3n) is 5.68. The fraction of sp³-hybridized carbons (Fsp3) is 0.348. The highest BCUT2D eigenvalue weighted by Crippen LogP contribution is 2.29. The SMILES string of the molecule is COc1ccc(NC(=O)CN2C(=O)N/C(=C/c3ccn(C4CCCCC4)c3)C2=O)cc1. The lowest BCUT2D eigenvalue weighted by Gasteiger charge is -2.23. The average molecular weight is 422 g/mol. The van der Waals surface area contributed by atoms with E-state index < -0.39 is 17.8 Å². The van der Waals surface area contributed by atoms with Crippen molar-refractivity contribution in [3.8, 4) is 5.75 Å². The zero-order valence-electron chi connectivity index (χ0n) is 17.5. The third kappa shape index (κ3) is 4.79. The predicted octanol–water partition coefficient (Wildman–Crippen LogP) is 3.53. The van der Waals surface area contributed by atoms with Crippen molar-refractivity contribution in [2.24, 2.45) is 0 Å². The van der Waals surface area contributed by atoms with Crippen LogP contribution in [0.2, 0.25) is 0 Å². The number of hydrogen-bond donors (Lipinski definition) is 2. The van der Waals surface area contributed by atoms with E-state index in [0.29, 0.717) is 17.5 Å². The Balaban J connectivity index is 1.38. The number of ether oxygens (including phenoxy) is 1. The number of imide groups is 1. The van der Waals surface area contributed by atoms with E-state index in [1.54, 1.807) is 37.5 Å². The molecule has 8 nitrogen and oxygen atoms in total. The Morgan fingerprint density at radius 3 is 2.61 bits per heavy atom. The molecule has 2 aliphatic rings. The topological polar surface area (TPSA) is 92.7 Å². The van der Waals surface area contributed by atoms with E-state index >= 15 is 0 Å². The second-order valence-corrected chi connectivity index (χ2v) is 7.84. The van der Waals surface area contributed by atoms with E-state index in [2.05, 4.69) is 15.2 Å². The standard InChI is InChI=1S/C23H26N4O4/c1-31-19-9-7-17(8-10-19)24-21(28)15-27-22(29)20(25-23(27)30)13-16-11-12-26(14-16)18-5-3-2-4-6-18/h7-14,18H,2-6,15H2,1H3,(H,24,28)(H,25,30)/b20-13+. The first-order valence-electron chi connectivity index (χ1n) is 10.5. The van der Waals surface area contributed by atoms with Crippen molar-refractivity contribution in [3.05, 3.63) is 54.0 Å². The zero-order chi connectivity index (χ0) is 21.8. The van der Waals surface area contributed by atoms with Gasteiger partial charge in [0.1, 0.15) is 18.0 Å². The number of nitrogens with zero attached hydrogens (tertiary/aromatic N) is 2. The summed E-state index contributed by atoms with van der Waals surface area (Å²) in [7, 11) is 1.56. The number of rotatable bonds is 6. The molecule has 2 heterocycles. The van der Waals surface area contributed by atoms with Crippen LogP contribution in [0, 0.1) is 0 Å². The Hall–Kier alpha value is -3.55. The quantitative estimate of drug-likeness (QED) is 0.550. The van der Waals surface area contributed by atoms with Gasteiger partial charge in [-0.05, 0) is 54.8 Å². The summed E-state index contributed by atoms with van der Waals surface area (Å²) in [4.78, 5) is 38.2. The summed E-state index contributed by atoms with van der Waals surface area (Å²) in [6, 6.07) is 8.61. The van der Waals surface area contributed by atoms with Crippen LogP contribution in [-0.4, -0.2) is 41.0 Å². The van der Waals surface area contributed by atoms with Crippen molar-refractivity contribution in [2.45, 2.75) is 38.1 Å². The third-order valence-corrected chi connectivity index (χ3v) is 5.68. The van der Waals surface area contributed by atoms with Crippen molar-refractivity contribution >= 4 is 29.6 Å². The zero-order valence-corrected chi connectivity index (χ0v) is 17.5. The number of urea groups is 1. The average Bonchev–Trinajstić information content (AvgIpc) is 3.35. The molecule has 0 bridgehead atoms. The molecule has 1 saturated carbocycles. The van der Waals surface area contributed by atoms with E-state index in [0.717, 1.165) is 23.3 Å². The van der Waals surface area contributed by atoms with Gasteiger partial charge in [0, 0.05) is 24.1 Å². The largest absolute Gasteiger partial charge is 0.497 e. The number of aromatic nitrogens is 1. The maximum absolute atomic E-state index is 12.7. The van der Waals surface area contributed by atoms with Crippen LogP contribution in [0.15, 0.2) is 48.4 Å². The lowest BCUT2D eigenvalue weighted by Crippen LogP contribution is -2.38. The molecule has 2 N–H and O–H groups in total. The first-order valence-corrected chi connectivity index (χ1v) is 10.5. The molecule has 0 radical (unpaired) electrons. The molecule has 0 atom stereocenters. The van der Waals surface area contributed by atoms with Crippen molar-refractivity contribution in [3.63, 3.8) is 0 Å². The maximum Gasteiger partial charge on any atom is 0.329 e. The van der Waals surface area contributed by atoms with Crippen LogP contribution in [0.5, 0.6) is 5.75 Å². The van der Waals surface area contributed by atoms with Crippen LogP contribution < -0.4 is 15.4 Å². The number of hydrogen-bond acceptors (Lipinski definition) is 4. The van der Waals surface area contributed by atoms with Gasteiger partial charge in [0.2, 0.25) is 5.91 Å². The Bertz CT molecular complexity index is 1000. The number of methoxy groups -OCH3 is 1. The van der Waals surface area contributed by atoms with Crippen LogP contribution in [0.25, 0.3) is 6.08 Å². The smallest absolute Gasteiger partial charge is 0.329 e. The van der Waals surface area contributed by atoms with Crippen LogP contribution in [-0.2, 0) is 9.59 Å². The molecule has 8 heteroatoms. The fourth-order valence-corrected chi connectivity index (χ4v) is 4.02. The molecular formula is C23H26N4O4. The number of anilines is 1. The Morgan fingerprint density at radius 2 is 1.90 bits per heavy atom. The molecular weight excluding hydrogens is 396 g/mol. The molecule has 1 aliphatic carbocycles. The number of nitrogens with one attached hydrogen (secondary N) is 2. The molecule has 1 aromatic heterocycles. The van der Waals surface area contributed by atoms with Crippen LogP contribution >= 0.6 is 0 Å². The summed E-state index contributed by atoms with van der Waals surface area (Å²) < 4.78 is 7.27. The van der Waals surface area contributed by atoms with Gasteiger partial charge in [-0.3, -0.25) is 9.59 Å². The summed E-state index contributed by atoms with van der Waals surface area (Å²) in [6.07, 6.45) is 11.8. The van der Waals surface area contributed by atoms with Gasteiger partial charge in [-0.1, -0.05) is 19.3 Å². The molecule has 4 amide bonds. The van der Waals surface area contributed by atoms with E-state index in [4.69, 9.17) is 4.74 Å². The van der Waals surface area contributed by atoms with Gasteiger partial charge in [0.15, 0.2) is 0 Å². The molecule has 1 saturated heterocycles. The predicted molar refractivity (Wildman–Crippen MR) is 116 cm³/mol. The highest BCUT2D eigenvalue weighted by atomic mass is 16.5. The second kappa shape index (κ2) is 9.07. The van der Waals surface area contributed by atoms with E-state index in [1.165, 1.54) is 19.3 Å². The highest BCUT2D eigenvalue weighted by molar-refractivity contribution is 6.15. The molecule has 4 rings (SSSR count). The molecule has 1 aliphatic heterocycles. The number of benzene rings is 1. The minimum absolute atomic E-state index is 0.170. The van der Waals surface area contributed by atoms with E-state index in [9.17, 15) is 14.4 Å². The molecule has 162 valence electrons. The summed E-state index contributed by atoms with van der Waals surface area (Å²) in [5.74, 6) is -0.308. The molecule has 0 spiro atoms. The minimum atomic E-state index is -0.604. The second-order valence-electron chi connectivity index (χ2n) is 7.84. The first-order chi connectivity index (χ1) is 15.0. The molecule has 2 fully saturated rings. The number of amides is 4. The monoisotopic (exact) mass is 422 g/mol. The van der Waals surface area contributed by atoms with Crippen molar-refractivity contribution in [1.29, 1.82) is 0 Å². The summed E-state index contributed by atoms with van der Waals surface area (Å²) >= 11 is 0. The van der Waals surface area contributed by atoms with Gasteiger partial charge in [-0.25, -0.2) is 9.69 Å². The highest BCUT2D eigenvalue weighted by Gasteiger charge is 2.35. The Kier molecular flexibility index (Phi) is 6.06. The Morgan fingerprint density at radius 1 is 1.16 bits per heavy atom. The maximum atomic E-state index is 12.7. The van der Waals surface area contributed by atoms with Gasteiger partial charge in [-0.15, -0.1) is 0 Å². The first kappa shape index (κ1) is 20.7. The minimum Gasteiger partial charge on any atom is -0.497 e. The molecule has 31 heavy (non-hydrogen) atoms. The molecule has 2 aromatic rings. The van der Waals surface area contributed by atoms with Gasteiger partial charge in [0.25, 0.3) is 5.91 Å². The van der Waals surface area contributed by atoms with E-state index in [-0.39, 0.29) is 12.2 Å². The normalized spacial score (nSPS) is 18.4. The number of carbonyl (C=O) groups excluding carboxylic acids is 3. The number of carbonyl (C=O) groups is 3. The van der Waals surface area contributed by atoms with Crippen molar-refractivity contribution in [1.82, 2.24) is 14.8 Å². The molecule has 1 aromatic carbocycles. The van der Waals surface area contributed by atoms with Crippen molar-refractivity contribution in [2.75, 3.05) is 19.0 Å². The lowest BCUT2D eigenvalue weighted by molar-refractivity contribution is -0.127.